The van der Waals surface area contributed by atoms with Crippen molar-refractivity contribution in [2.45, 2.75) is 19.3 Å². The van der Waals surface area contributed by atoms with Gasteiger partial charge in [-0.1, -0.05) is 17.7 Å². The van der Waals surface area contributed by atoms with Gasteiger partial charge in [0.25, 0.3) is 0 Å². The highest BCUT2D eigenvalue weighted by Gasteiger charge is 2.26. The van der Waals surface area contributed by atoms with Gasteiger partial charge in [0.2, 0.25) is 5.91 Å². The van der Waals surface area contributed by atoms with Crippen LogP contribution in [0, 0.1) is 11.7 Å². The quantitative estimate of drug-likeness (QED) is 0.780. The number of alkyl halides is 1. The summed E-state index contributed by atoms with van der Waals surface area (Å²) in [6.45, 7) is 1.45. The number of halogens is 3. The number of likely N-dealkylation sites (tertiary alicyclic amines) is 1. The van der Waals surface area contributed by atoms with Crippen molar-refractivity contribution in [3.05, 3.63) is 34.6 Å². The molecule has 5 heteroatoms. The first kappa shape index (κ1) is 14.6. The van der Waals surface area contributed by atoms with Crippen LogP contribution in [0.1, 0.15) is 18.4 Å². The molecule has 1 aromatic carbocycles. The first-order valence-electron chi connectivity index (χ1n) is 6.38. The van der Waals surface area contributed by atoms with Gasteiger partial charge in [-0.15, -0.1) is 11.6 Å². The number of benzene rings is 1. The van der Waals surface area contributed by atoms with E-state index in [1.807, 2.05) is 0 Å². The van der Waals surface area contributed by atoms with Gasteiger partial charge in [0.05, 0.1) is 6.42 Å². The first-order valence-corrected chi connectivity index (χ1v) is 7.29. The normalized spacial score (nSPS) is 18.9. The largest absolute Gasteiger partial charge is 0.342 e. The predicted molar refractivity (Wildman–Crippen MR) is 75.1 cm³/mol. The van der Waals surface area contributed by atoms with Crippen LogP contribution in [0.5, 0.6) is 0 Å². The number of hydrogen-bond donors (Lipinski definition) is 0. The van der Waals surface area contributed by atoms with Crippen LogP contribution in [0.15, 0.2) is 18.2 Å². The smallest absolute Gasteiger partial charge is 0.227 e. The third-order valence-electron chi connectivity index (χ3n) is 3.55. The van der Waals surface area contributed by atoms with Gasteiger partial charge in [0.15, 0.2) is 0 Å². The Bertz CT molecular complexity index is 447. The number of nitrogens with zero attached hydrogens (tertiary/aromatic N) is 1. The fourth-order valence-corrected chi connectivity index (χ4v) is 2.95. The molecule has 0 spiro atoms. The van der Waals surface area contributed by atoms with E-state index in [1.54, 1.807) is 11.0 Å². The average molecular weight is 304 g/mol. The molecule has 0 radical (unpaired) electrons. The highest BCUT2D eigenvalue weighted by atomic mass is 35.5. The van der Waals surface area contributed by atoms with Crippen LogP contribution in [-0.4, -0.2) is 29.8 Å². The standard InChI is InChI=1S/C14H16Cl2FNO/c15-6-4-10-5-7-18(9-10)14(19)8-11-12(16)2-1-3-13(11)17/h1-3,10H,4-9H2. The van der Waals surface area contributed by atoms with E-state index >= 15 is 0 Å². The zero-order chi connectivity index (χ0) is 13.8. The van der Waals surface area contributed by atoms with Crippen molar-refractivity contribution in [2.75, 3.05) is 19.0 Å². The van der Waals surface area contributed by atoms with Gasteiger partial charge in [-0.3, -0.25) is 4.79 Å². The lowest BCUT2D eigenvalue weighted by Crippen LogP contribution is -2.30. The van der Waals surface area contributed by atoms with Gasteiger partial charge >= 0.3 is 0 Å². The minimum atomic E-state index is -0.419. The molecule has 0 aromatic heterocycles. The SMILES string of the molecule is O=C(Cc1c(F)cccc1Cl)N1CCC(CCCl)C1. The van der Waals surface area contributed by atoms with Crippen molar-refractivity contribution in [3.8, 4) is 0 Å². The van der Waals surface area contributed by atoms with Crippen LogP contribution in [0.25, 0.3) is 0 Å². The molecule has 1 aliphatic rings. The van der Waals surface area contributed by atoms with E-state index in [1.165, 1.54) is 12.1 Å². The van der Waals surface area contributed by atoms with E-state index in [0.29, 0.717) is 16.8 Å². The molecule has 2 nitrogen and oxygen atoms in total. The lowest BCUT2D eigenvalue weighted by atomic mass is 10.1. The van der Waals surface area contributed by atoms with Crippen LogP contribution in [-0.2, 0) is 11.2 Å². The lowest BCUT2D eigenvalue weighted by Gasteiger charge is -2.17. The number of carbonyl (C=O) groups is 1. The summed E-state index contributed by atoms with van der Waals surface area (Å²) in [7, 11) is 0. The molecule has 19 heavy (non-hydrogen) atoms. The van der Waals surface area contributed by atoms with E-state index in [9.17, 15) is 9.18 Å². The molecule has 1 amide bonds. The Hall–Kier alpha value is -0.800. The number of rotatable bonds is 4. The first-order chi connectivity index (χ1) is 9.11. The monoisotopic (exact) mass is 303 g/mol. The maximum Gasteiger partial charge on any atom is 0.227 e. The van der Waals surface area contributed by atoms with Crippen LogP contribution in [0.3, 0.4) is 0 Å². The summed E-state index contributed by atoms with van der Waals surface area (Å²) < 4.78 is 13.6. The Morgan fingerprint density at radius 2 is 2.26 bits per heavy atom. The molecule has 0 saturated carbocycles. The lowest BCUT2D eigenvalue weighted by molar-refractivity contribution is -0.129. The molecule has 1 saturated heterocycles. The Kier molecular flexibility index (Phi) is 5.06. The van der Waals surface area contributed by atoms with Crippen molar-refractivity contribution in [1.29, 1.82) is 0 Å². The van der Waals surface area contributed by atoms with E-state index in [4.69, 9.17) is 23.2 Å². The zero-order valence-corrected chi connectivity index (χ0v) is 12.1. The maximum atomic E-state index is 13.6. The summed E-state index contributed by atoms with van der Waals surface area (Å²) in [5, 5.41) is 0.310. The molecule has 104 valence electrons. The predicted octanol–water partition coefficient (Wildman–Crippen LogP) is 3.50. The van der Waals surface area contributed by atoms with Gasteiger partial charge in [0, 0.05) is 29.6 Å². The van der Waals surface area contributed by atoms with Crippen molar-refractivity contribution in [1.82, 2.24) is 4.90 Å². The van der Waals surface area contributed by atoms with Crippen molar-refractivity contribution < 1.29 is 9.18 Å². The van der Waals surface area contributed by atoms with Crippen LogP contribution in [0.2, 0.25) is 5.02 Å². The van der Waals surface area contributed by atoms with Gasteiger partial charge < -0.3 is 4.90 Å². The Morgan fingerprint density at radius 1 is 1.47 bits per heavy atom. The van der Waals surface area contributed by atoms with Gasteiger partial charge in [-0.25, -0.2) is 4.39 Å². The molecule has 1 heterocycles. The second kappa shape index (κ2) is 6.58. The van der Waals surface area contributed by atoms with Crippen LogP contribution in [0.4, 0.5) is 4.39 Å². The van der Waals surface area contributed by atoms with E-state index in [2.05, 4.69) is 0 Å². The summed E-state index contributed by atoms with van der Waals surface area (Å²) in [5.41, 5.74) is 0.287. The summed E-state index contributed by atoms with van der Waals surface area (Å²) in [5.74, 6) is 0.602. The minimum Gasteiger partial charge on any atom is -0.342 e. The molecular formula is C14H16Cl2FNO. The number of carbonyl (C=O) groups excluding carboxylic acids is 1. The van der Waals surface area contributed by atoms with Crippen molar-refractivity contribution in [2.24, 2.45) is 5.92 Å². The third-order valence-corrected chi connectivity index (χ3v) is 4.12. The molecule has 1 unspecified atom stereocenters. The molecule has 0 N–H and O–H groups in total. The van der Waals surface area contributed by atoms with E-state index in [-0.39, 0.29) is 17.9 Å². The third kappa shape index (κ3) is 3.61. The van der Waals surface area contributed by atoms with Crippen molar-refractivity contribution >= 4 is 29.1 Å². The topological polar surface area (TPSA) is 20.3 Å². The van der Waals surface area contributed by atoms with Crippen molar-refractivity contribution in [3.63, 3.8) is 0 Å². The van der Waals surface area contributed by atoms with E-state index < -0.39 is 5.82 Å². The summed E-state index contributed by atoms with van der Waals surface area (Å²) in [6.07, 6.45) is 1.92. The Balaban J connectivity index is 1.98. The van der Waals surface area contributed by atoms with Gasteiger partial charge in [-0.2, -0.15) is 0 Å². The molecule has 2 rings (SSSR count). The molecule has 1 atom stereocenters. The highest BCUT2D eigenvalue weighted by Crippen LogP contribution is 2.23. The minimum absolute atomic E-state index is 0.0269. The van der Waals surface area contributed by atoms with Gasteiger partial charge in [0.1, 0.15) is 5.82 Å². The zero-order valence-electron chi connectivity index (χ0n) is 10.5. The molecule has 0 bridgehead atoms. The fraction of sp³-hybridized carbons (Fsp3) is 0.500. The van der Waals surface area contributed by atoms with E-state index in [0.717, 1.165) is 25.9 Å². The molecule has 1 fully saturated rings. The number of amides is 1. The summed E-state index contributed by atoms with van der Waals surface area (Å²) in [4.78, 5) is 13.9. The molecular weight excluding hydrogens is 288 g/mol. The Labute approximate surface area is 122 Å². The van der Waals surface area contributed by atoms with Crippen LogP contribution >= 0.6 is 23.2 Å². The number of hydrogen-bond acceptors (Lipinski definition) is 1. The average Bonchev–Trinajstić information content (AvgIpc) is 2.83. The fourth-order valence-electron chi connectivity index (χ4n) is 2.41. The highest BCUT2D eigenvalue weighted by molar-refractivity contribution is 6.31. The van der Waals surface area contributed by atoms with Gasteiger partial charge in [-0.05, 0) is 30.9 Å². The maximum absolute atomic E-state index is 13.6. The molecule has 0 aliphatic carbocycles. The Morgan fingerprint density at radius 3 is 2.95 bits per heavy atom. The summed E-state index contributed by atoms with van der Waals surface area (Å²) >= 11 is 11.6. The summed E-state index contributed by atoms with van der Waals surface area (Å²) in [6, 6.07) is 4.47. The van der Waals surface area contributed by atoms with Crippen LogP contribution < -0.4 is 0 Å². The molecule has 1 aliphatic heterocycles. The molecule has 1 aromatic rings. The second-order valence-electron chi connectivity index (χ2n) is 4.85. The second-order valence-corrected chi connectivity index (χ2v) is 5.63.